The number of thioether (sulfide) groups is 2. The number of carboxylic acids is 1. The Morgan fingerprint density at radius 3 is 3.04 bits per heavy atom. The summed E-state index contributed by atoms with van der Waals surface area (Å²) in [6, 6.07) is 8.33. The van der Waals surface area contributed by atoms with Crippen molar-refractivity contribution in [1.29, 1.82) is 0 Å². The highest BCUT2D eigenvalue weighted by Crippen LogP contribution is 2.32. The molecule has 2 atom stereocenters. The van der Waals surface area contributed by atoms with Crippen LogP contribution in [-0.4, -0.2) is 46.5 Å². The topological polar surface area (TPSA) is 55.8 Å². The molecule has 1 aromatic carbocycles. The van der Waals surface area contributed by atoms with Gasteiger partial charge in [0.25, 0.3) is 0 Å². The van der Waals surface area contributed by atoms with Crippen molar-refractivity contribution in [3.05, 3.63) is 29.8 Å². The summed E-state index contributed by atoms with van der Waals surface area (Å²) in [6.07, 6.45) is 5.24. The first-order chi connectivity index (χ1) is 12.7. The van der Waals surface area contributed by atoms with E-state index < -0.39 is 5.97 Å². The van der Waals surface area contributed by atoms with Gasteiger partial charge in [-0.15, -0.1) is 11.8 Å². The van der Waals surface area contributed by atoms with Gasteiger partial charge in [-0.3, -0.25) is 4.79 Å². The van der Waals surface area contributed by atoms with Gasteiger partial charge >= 0.3 is 5.97 Å². The van der Waals surface area contributed by atoms with Crippen molar-refractivity contribution in [2.24, 2.45) is 0 Å². The van der Waals surface area contributed by atoms with Crippen molar-refractivity contribution in [3.8, 4) is 5.75 Å². The number of para-hydroxylation sites is 1. The predicted octanol–water partition coefficient (Wildman–Crippen LogP) is 4.85. The van der Waals surface area contributed by atoms with Crippen molar-refractivity contribution in [2.45, 2.75) is 56.1 Å². The van der Waals surface area contributed by atoms with E-state index in [-0.39, 0.29) is 11.9 Å². The normalized spacial score (nSPS) is 19.6. The summed E-state index contributed by atoms with van der Waals surface area (Å²) in [6.45, 7) is 3.72. The number of ether oxygens (including phenoxy) is 2. The molecular formula is C20H30O4S2. The van der Waals surface area contributed by atoms with E-state index >= 15 is 0 Å². The van der Waals surface area contributed by atoms with Crippen molar-refractivity contribution in [3.63, 3.8) is 0 Å². The van der Waals surface area contributed by atoms with Crippen LogP contribution in [0, 0.1) is 0 Å². The molecule has 0 saturated carbocycles. The first-order valence-corrected chi connectivity index (χ1v) is 11.6. The zero-order valence-corrected chi connectivity index (χ0v) is 17.2. The molecule has 146 valence electrons. The molecule has 1 aliphatic heterocycles. The molecule has 4 nitrogen and oxygen atoms in total. The fourth-order valence-electron chi connectivity index (χ4n) is 2.81. The molecular weight excluding hydrogens is 368 g/mol. The van der Waals surface area contributed by atoms with E-state index in [9.17, 15) is 4.79 Å². The van der Waals surface area contributed by atoms with E-state index in [1.807, 2.05) is 17.8 Å². The summed E-state index contributed by atoms with van der Waals surface area (Å²) in [5.41, 5.74) is 1.37. The molecule has 1 aromatic rings. The third kappa shape index (κ3) is 8.23. The monoisotopic (exact) mass is 398 g/mol. The largest absolute Gasteiger partial charge is 0.493 e. The quantitative estimate of drug-likeness (QED) is 0.479. The van der Waals surface area contributed by atoms with Crippen molar-refractivity contribution in [1.82, 2.24) is 0 Å². The maximum atomic E-state index is 10.6. The van der Waals surface area contributed by atoms with Gasteiger partial charge in [-0.05, 0) is 43.1 Å². The number of aryl methyl sites for hydroxylation is 1. The molecule has 0 aliphatic carbocycles. The highest BCUT2D eigenvalue weighted by atomic mass is 32.2. The summed E-state index contributed by atoms with van der Waals surface area (Å²) in [7, 11) is 0. The Kier molecular flexibility index (Phi) is 10.3. The Hall–Kier alpha value is -0.850. The van der Waals surface area contributed by atoms with Gasteiger partial charge in [-0.1, -0.05) is 31.5 Å². The number of carboxylic acid groups (broad SMARTS) is 1. The van der Waals surface area contributed by atoms with E-state index in [0.29, 0.717) is 11.7 Å². The smallest absolute Gasteiger partial charge is 0.303 e. The zero-order valence-electron chi connectivity index (χ0n) is 15.5. The molecule has 1 N–H and O–H groups in total. The van der Waals surface area contributed by atoms with Crippen molar-refractivity contribution < 1.29 is 19.4 Å². The van der Waals surface area contributed by atoms with E-state index in [1.54, 1.807) is 11.8 Å². The van der Waals surface area contributed by atoms with Gasteiger partial charge < -0.3 is 14.6 Å². The molecule has 26 heavy (non-hydrogen) atoms. The predicted molar refractivity (Wildman–Crippen MR) is 110 cm³/mol. The number of carbonyl (C=O) groups is 1. The summed E-state index contributed by atoms with van der Waals surface area (Å²) >= 11 is 3.76. The molecule has 0 bridgehead atoms. The van der Waals surface area contributed by atoms with E-state index in [1.165, 1.54) is 5.56 Å². The third-order valence-electron chi connectivity index (χ3n) is 4.14. The van der Waals surface area contributed by atoms with Crippen LogP contribution in [0.3, 0.4) is 0 Å². The van der Waals surface area contributed by atoms with E-state index in [4.69, 9.17) is 14.6 Å². The van der Waals surface area contributed by atoms with Crippen molar-refractivity contribution in [2.75, 3.05) is 24.7 Å². The molecule has 0 radical (unpaired) electrons. The van der Waals surface area contributed by atoms with Crippen LogP contribution in [-0.2, 0) is 16.0 Å². The lowest BCUT2D eigenvalue weighted by molar-refractivity contribution is -0.137. The lowest BCUT2D eigenvalue weighted by Crippen LogP contribution is -2.07. The SMILES string of the molecule is CCCc1ccccc1OCCCCSCC1COC(CCC(=O)O)S1. The fourth-order valence-corrected chi connectivity index (χ4v) is 5.35. The molecule has 1 saturated heterocycles. The number of aliphatic carboxylic acids is 1. The average molecular weight is 399 g/mol. The highest BCUT2D eigenvalue weighted by molar-refractivity contribution is 8.03. The molecule has 2 rings (SSSR count). The van der Waals surface area contributed by atoms with Gasteiger partial charge in [0.1, 0.15) is 11.2 Å². The minimum absolute atomic E-state index is 0.0632. The molecule has 1 aliphatic rings. The maximum Gasteiger partial charge on any atom is 0.303 e. The van der Waals surface area contributed by atoms with Gasteiger partial charge in [0.05, 0.1) is 13.2 Å². The highest BCUT2D eigenvalue weighted by Gasteiger charge is 2.26. The Labute approximate surface area is 165 Å². The minimum Gasteiger partial charge on any atom is -0.493 e. The Balaban J connectivity index is 1.49. The van der Waals surface area contributed by atoms with Crippen LogP contribution in [0.1, 0.15) is 44.6 Å². The molecule has 6 heteroatoms. The second-order valence-corrected chi connectivity index (χ2v) is 9.06. The van der Waals surface area contributed by atoms with Gasteiger partial charge in [0.2, 0.25) is 0 Å². The zero-order chi connectivity index (χ0) is 18.6. The average Bonchev–Trinajstić information content (AvgIpc) is 3.08. The molecule has 0 amide bonds. The number of rotatable bonds is 13. The summed E-state index contributed by atoms with van der Waals surface area (Å²) < 4.78 is 11.6. The first kappa shape index (κ1) is 21.5. The van der Waals surface area contributed by atoms with Crippen LogP contribution in [0.5, 0.6) is 5.75 Å². The maximum absolute atomic E-state index is 10.6. The number of benzene rings is 1. The lowest BCUT2D eigenvalue weighted by Gasteiger charge is -2.11. The van der Waals surface area contributed by atoms with Crippen LogP contribution in [0.15, 0.2) is 24.3 Å². The Bertz CT molecular complexity index is 538. The van der Waals surface area contributed by atoms with Crippen LogP contribution < -0.4 is 4.74 Å². The summed E-state index contributed by atoms with van der Waals surface area (Å²) in [5.74, 6) is 2.51. The van der Waals surface area contributed by atoms with E-state index in [2.05, 4.69) is 25.1 Å². The second-order valence-electron chi connectivity index (χ2n) is 6.44. The molecule has 0 spiro atoms. The van der Waals surface area contributed by atoms with Crippen LogP contribution in [0.25, 0.3) is 0 Å². The second kappa shape index (κ2) is 12.5. The van der Waals surface area contributed by atoms with Crippen LogP contribution >= 0.6 is 23.5 Å². The molecule has 1 heterocycles. The standard InChI is InChI=1S/C20H30O4S2/c1-2-7-16-8-3-4-9-18(16)23-12-5-6-13-25-15-17-14-24-20(26-17)11-10-19(21)22/h3-4,8-9,17,20H,2,5-7,10-15H2,1H3,(H,21,22). The van der Waals surface area contributed by atoms with Crippen LogP contribution in [0.2, 0.25) is 0 Å². The van der Waals surface area contributed by atoms with Gasteiger partial charge in [-0.2, -0.15) is 11.8 Å². The first-order valence-electron chi connectivity index (χ1n) is 9.46. The summed E-state index contributed by atoms with van der Waals surface area (Å²) in [5, 5.41) is 9.22. The molecule has 1 fully saturated rings. The lowest BCUT2D eigenvalue weighted by atomic mass is 10.1. The van der Waals surface area contributed by atoms with Crippen molar-refractivity contribution >= 4 is 29.5 Å². The Morgan fingerprint density at radius 1 is 1.38 bits per heavy atom. The van der Waals surface area contributed by atoms with Gasteiger partial charge in [0.15, 0.2) is 0 Å². The van der Waals surface area contributed by atoms with Gasteiger partial charge in [-0.25, -0.2) is 0 Å². The summed E-state index contributed by atoms with van der Waals surface area (Å²) in [4.78, 5) is 10.6. The number of hydrogen-bond acceptors (Lipinski definition) is 5. The molecule has 0 aromatic heterocycles. The minimum atomic E-state index is -0.744. The fraction of sp³-hybridized carbons (Fsp3) is 0.650. The number of hydrogen-bond donors (Lipinski definition) is 1. The molecule has 2 unspecified atom stereocenters. The van der Waals surface area contributed by atoms with Crippen LogP contribution in [0.4, 0.5) is 0 Å². The van der Waals surface area contributed by atoms with E-state index in [0.717, 1.165) is 56.2 Å². The third-order valence-corrected chi connectivity index (χ3v) is 6.93. The van der Waals surface area contributed by atoms with Gasteiger partial charge in [0, 0.05) is 17.4 Å². The number of unbranched alkanes of at least 4 members (excludes halogenated alkanes) is 1. The Morgan fingerprint density at radius 2 is 2.23 bits per heavy atom.